The fraction of sp³-hybridized carbons (Fsp3) is 0.200. The van der Waals surface area contributed by atoms with E-state index in [1.54, 1.807) is 26.4 Å². The Morgan fingerprint density at radius 3 is 2.35 bits per heavy atom. The van der Waals surface area contributed by atoms with Crippen molar-refractivity contribution in [3.8, 4) is 22.8 Å². The van der Waals surface area contributed by atoms with Crippen LogP contribution in [0.5, 0.6) is 11.5 Å². The van der Waals surface area contributed by atoms with Gasteiger partial charge in [0.15, 0.2) is 11.5 Å². The Kier molecular flexibility index (Phi) is 5.90. The summed E-state index contributed by atoms with van der Waals surface area (Å²) in [6.07, 6.45) is 0. The van der Waals surface area contributed by atoms with Crippen LogP contribution in [0.2, 0.25) is 5.02 Å². The second-order valence-electron chi connectivity index (χ2n) is 7.57. The molecule has 0 fully saturated rings. The number of para-hydroxylation sites is 1. The number of aromatic nitrogens is 1. The highest BCUT2D eigenvalue weighted by Gasteiger charge is 2.26. The summed E-state index contributed by atoms with van der Waals surface area (Å²) in [5, 5.41) is 1.18. The number of benzene rings is 3. The number of nitrogens with zero attached hydrogens (tertiary/aromatic N) is 1. The van der Waals surface area contributed by atoms with Crippen molar-refractivity contribution >= 4 is 22.5 Å². The van der Waals surface area contributed by atoms with Crippen molar-refractivity contribution in [2.24, 2.45) is 0 Å². The molecular weight excluding hydrogens is 415 g/mol. The van der Waals surface area contributed by atoms with E-state index in [4.69, 9.17) is 21.1 Å². The average molecular weight is 439 g/mol. The van der Waals surface area contributed by atoms with Gasteiger partial charge in [-0.1, -0.05) is 35.9 Å². The van der Waals surface area contributed by atoms with Crippen LogP contribution in [-0.2, 0) is 0 Å². The Morgan fingerprint density at radius 1 is 0.935 bits per heavy atom. The van der Waals surface area contributed by atoms with Crippen LogP contribution in [0.25, 0.3) is 22.2 Å². The van der Waals surface area contributed by atoms with E-state index in [1.807, 2.05) is 50.5 Å². The summed E-state index contributed by atoms with van der Waals surface area (Å²) in [4.78, 5) is 5.66. The highest BCUT2D eigenvalue weighted by atomic mass is 35.5. The number of aromatic amines is 1. The molecule has 0 spiro atoms. The van der Waals surface area contributed by atoms with E-state index in [2.05, 4.69) is 16.0 Å². The summed E-state index contributed by atoms with van der Waals surface area (Å²) in [6, 6.07) is 18.8. The molecule has 1 aromatic heterocycles. The van der Waals surface area contributed by atoms with Crippen LogP contribution >= 0.6 is 11.6 Å². The molecular formula is C25H24ClFN2O2. The van der Waals surface area contributed by atoms with E-state index >= 15 is 0 Å². The van der Waals surface area contributed by atoms with Crippen LogP contribution in [0.1, 0.15) is 17.2 Å². The number of fused-ring (bicyclic) bond motifs is 1. The Bertz CT molecular complexity index is 1240. The van der Waals surface area contributed by atoms with Crippen molar-refractivity contribution in [3.05, 3.63) is 82.6 Å². The molecule has 160 valence electrons. The molecule has 1 heterocycles. The van der Waals surface area contributed by atoms with Crippen molar-refractivity contribution in [2.75, 3.05) is 28.3 Å². The third-order valence-electron chi connectivity index (χ3n) is 5.47. The van der Waals surface area contributed by atoms with E-state index in [-0.39, 0.29) is 11.1 Å². The van der Waals surface area contributed by atoms with E-state index < -0.39 is 5.82 Å². The molecule has 6 heteroatoms. The zero-order valence-corrected chi connectivity index (χ0v) is 18.6. The molecule has 0 radical (unpaired) electrons. The Labute approximate surface area is 186 Å². The number of rotatable bonds is 6. The summed E-state index contributed by atoms with van der Waals surface area (Å²) in [6.45, 7) is 0. The van der Waals surface area contributed by atoms with Crippen molar-refractivity contribution in [3.63, 3.8) is 0 Å². The lowest BCUT2D eigenvalue weighted by molar-refractivity contribution is 0.336. The minimum Gasteiger partial charge on any atom is -0.493 e. The lowest BCUT2D eigenvalue weighted by Gasteiger charge is -2.27. The number of ether oxygens (including phenoxy) is 2. The predicted molar refractivity (Wildman–Crippen MR) is 124 cm³/mol. The SMILES string of the molecule is COc1ccc(C(c2c(-c3ccc(F)c(Cl)c3)[nH]c3ccccc23)N(C)C)cc1OC. The molecule has 3 aromatic carbocycles. The van der Waals surface area contributed by atoms with Crippen molar-refractivity contribution < 1.29 is 13.9 Å². The number of H-pyrrole nitrogens is 1. The largest absolute Gasteiger partial charge is 0.493 e. The van der Waals surface area contributed by atoms with Crippen molar-refractivity contribution in [1.82, 2.24) is 9.88 Å². The number of nitrogens with one attached hydrogen (secondary N) is 1. The van der Waals surface area contributed by atoms with Gasteiger partial charge in [-0.3, -0.25) is 4.90 Å². The first-order valence-electron chi connectivity index (χ1n) is 9.89. The van der Waals surface area contributed by atoms with Crippen LogP contribution in [0.15, 0.2) is 60.7 Å². The van der Waals surface area contributed by atoms with Gasteiger partial charge in [0.05, 0.1) is 31.0 Å². The summed E-state index contributed by atoms with van der Waals surface area (Å²) in [5.74, 6) is 0.901. The normalized spacial score (nSPS) is 12.4. The Balaban J connectivity index is 1.99. The minimum atomic E-state index is -0.438. The molecule has 4 rings (SSSR count). The van der Waals surface area contributed by atoms with E-state index in [9.17, 15) is 4.39 Å². The summed E-state index contributed by atoms with van der Waals surface area (Å²) < 4.78 is 24.8. The van der Waals surface area contributed by atoms with Gasteiger partial charge in [-0.2, -0.15) is 0 Å². The van der Waals surface area contributed by atoms with E-state index in [0.29, 0.717) is 11.5 Å². The quantitative estimate of drug-likeness (QED) is 0.384. The van der Waals surface area contributed by atoms with Crippen LogP contribution in [-0.4, -0.2) is 38.2 Å². The monoisotopic (exact) mass is 438 g/mol. The molecule has 4 nitrogen and oxygen atoms in total. The van der Waals surface area contributed by atoms with Crippen molar-refractivity contribution in [1.29, 1.82) is 0 Å². The fourth-order valence-corrected chi connectivity index (χ4v) is 4.25. The van der Waals surface area contributed by atoms with Gasteiger partial charge in [0.1, 0.15) is 5.82 Å². The zero-order valence-electron chi connectivity index (χ0n) is 17.9. The second-order valence-corrected chi connectivity index (χ2v) is 7.98. The molecule has 0 aliphatic carbocycles. The van der Waals surface area contributed by atoms with Gasteiger partial charge in [0.25, 0.3) is 0 Å². The van der Waals surface area contributed by atoms with Gasteiger partial charge < -0.3 is 14.5 Å². The fourth-order valence-electron chi connectivity index (χ4n) is 4.07. The van der Waals surface area contributed by atoms with Crippen LogP contribution in [0, 0.1) is 5.82 Å². The summed E-state index contributed by atoms with van der Waals surface area (Å²) in [5.41, 5.74) is 4.85. The molecule has 0 saturated carbocycles. The first-order valence-corrected chi connectivity index (χ1v) is 10.3. The highest BCUT2D eigenvalue weighted by molar-refractivity contribution is 6.31. The number of methoxy groups -OCH3 is 2. The van der Waals surface area contributed by atoms with Gasteiger partial charge in [-0.05, 0) is 61.6 Å². The third-order valence-corrected chi connectivity index (χ3v) is 5.76. The molecule has 0 aliphatic heterocycles. The molecule has 1 atom stereocenters. The third kappa shape index (κ3) is 3.87. The molecule has 0 bridgehead atoms. The first-order chi connectivity index (χ1) is 14.9. The molecule has 0 amide bonds. The molecule has 4 aromatic rings. The van der Waals surface area contributed by atoms with Crippen LogP contribution in [0.4, 0.5) is 4.39 Å². The lowest BCUT2D eigenvalue weighted by atomic mass is 9.92. The minimum absolute atomic E-state index is 0.0922. The lowest BCUT2D eigenvalue weighted by Crippen LogP contribution is -2.21. The number of halogens is 2. The van der Waals surface area contributed by atoms with Gasteiger partial charge in [0.2, 0.25) is 0 Å². The topological polar surface area (TPSA) is 37.5 Å². The molecule has 0 aliphatic rings. The predicted octanol–water partition coefficient (Wildman–Crippen LogP) is 6.30. The first kappa shape index (κ1) is 21.2. The maximum atomic E-state index is 13.8. The van der Waals surface area contributed by atoms with Gasteiger partial charge in [-0.15, -0.1) is 0 Å². The smallest absolute Gasteiger partial charge is 0.161 e. The van der Waals surface area contributed by atoms with Gasteiger partial charge in [0, 0.05) is 16.5 Å². The number of hydrogen-bond acceptors (Lipinski definition) is 3. The summed E-state index contributed by atoms with van der Waals surface area (Å²) in [7, 11) is 7.32. The summed E-state index contributed by atoms with van der Waals surface area (Å²) >= 11 is 6.12. The van der Waals surface area contributed by atoms with E-state index in [1.165, 1.54) is 6.07 Å². The molecule has 1 unspecified atom stereocenters. The van der Waals surface area contributed by atoms with Crippen LogP contribution < -0.4 is 9.47 Å². The Hall–Kier alpha value is -3.02. The number of hydrogen-bond donors (Lipinski definition) is 1. The van der Waals surface area contributed by atoms with Gasteiger partial charge in [-0.25, -0.2) is 4.39 Å². The maximum Gasteiger partial charge on any atom is 0.161 e. The van der Waals surface area contributed by atoms with Crippen LogP contribution in [0.3, 0.4) is 0 Å². The molecule has 0 saturated heterocycles. The molecule has 1 N–H and O–H groups in total. The second kappa shape index (κ2) is 8.61. The van der Waals surface area contributed by atoms with E-state index in [0.717, 1.165) is 33.3 Å². The zero-order chi connectivity index (χ0) is 22.1. The van der Waals surface area contributed by atoms with Gasteiger partial charge >= 0.3 is 0 Å². The average Bonchev–Trinajstić information content (AvgIpc) is 3.14. The standard InChI is InChI=1S/C25H24ClFN2O2/c1-29(2)25(16-10-12-21(30-3)22(14-16)31-4)23-17-7-5-6-8-20(17)28-24(23)15-9-11-19(27)18(26)13-15/h5-14,25,28H,1-4H3. The Morgan fingerprint density at radius 2 is 1.68 bits per heavy atom. The van der Waals surface area contributed by atoms with Crippen molar-refractivity contribution in [2.45, 2.75) is 6.04 Å². The highest BCUT2D eigenvalue weighted by Crippen LogP contribution is 2.42. The molecule has 31 heavy (non-hydrogen) atoms. The maximum absolute atomic E-state index is 13.8.